The molecule has 0 bridgehead atoms. The number of pyridine rings is 1. The van der Waals surface area contributed by atoms with E-state index in [9.17, 15) is 14.4 Å². The first-order chi connectivity index (χ1) is 10.6. The van der Waals surface area contributed by atoms with Gasteiger partial charge in [0.2, 0.25) is 5.91 Å². The molecular weight excluding hydrogens is 290 g/mol. The summed E-state index contributed by atoms with van der Waals surface area (Å²) in [6, 6.07) is 2.61. The molecule has 1 saturated heterocycles. The van der Waals surface area contributed by atoms with Gasteiger partial charge in [0.1, 0.15) is 19.2 Å². The van der Waals surface area contributed by atoms with Crippen LogP contribution in [-0.2, 0) is 20.9 Å². The molecule has 0 radical (unpaired) electrons. The van der Waals surface area contributed by atoms with Crippen molar-refractivity contribution < 1.29 is 24.2 Å². The number of aliphatic carboxylic acids is 1. The Morgan fingerprint density at radius 3 is 2.77 bits per heavy atom. The van der Waals surface area contributed by atoms with Crippen molar-refractivity contribution in [1.29, 1.82) is 0 Å². The fourth-order valence-electron chi connectivity index (χ4n) is 2.25. The standard InChI is InChI=1S/C14H17N3O5/c18-12(17-7-1-2-11(17)13(19)20)8-16-14(21)22-9-10-3-5-15-6-4-10/h3-6,11H,1-2,7-9H2,(H,16,21)(H,19,20)/t11-/m0/s1. The third-order valence-corrected chi connectivity index (χ3v) is 3.36. The summed E-state index contributed by atoms with van der Waals surface area (Å²) in [4.78, 5) is 39.6. The number of ether oxygens (including phenoxy) is 1. The van der Waals surface area contributed by atoms with Gasteiger partial charge in [0.05, 0.1) is 0 Å². The second-order valence-corrected chi connectivity index (χ2v) is 4.87. The summed E-state index contributed by atoms with van der Waals surface area (Å²) >= 11 is 0. The van der Waals surface area contributed by atoms with Crippen molar-refractivity contribution in [2.45, 2.75) is 25.5 Å². The molecule has 1 fully saturated rings. The van der Waals surface area contributed by atoms with Gasteiger partial charge in [0.15, 0.2) is 0 Å². The number of alkyl carbamates (subject to hydrolysis) is 1. The molecule has 1 atom stereocenters. The summed E-state index contributed by atoms with van der Waals surface area (Å²) < 4.78 is 4.95. The first kappa shape index (κ1) is 15.7. The van der Waals surface area contributed by atoms with E-state index in [2.05, 4.69) is 10.3 Å². The molecule has 22 heavy (non-hydrogen) atoms. The highest BCUT2D eigenvalue weighted by atomic mass is 16.5. The Morgan fingerprint density at radius 1 is 1.36 bits per heavy atom. The normalized spacial score (nSPS) is 17.1. The topological polar surface area (TPSA) is 109 Å². The van der Waals surface area contributed by atoms with Crippen LogP contribution in [0.2, 0.25) is 0 Å². The fraction of sp³-hybridized carbons (Fsp3) is 0.429. The van der Waals surface area contributed by atoms with Gasteiger partial charge in [-0.2, -0.15) is 0 Å². The number of nitrogens with zero attached hydrogens (tertiary/aromatic N) is 2. The summed E-state index contributed by atoms with van der Waals surface area (Å²) in [5.41, 5.74) is 0.780. The second kappa shape index (κ2) is 7.39. The van der Waals surface area contributed by atoms with Crippen molar-refractivity contribution in [2.24, 2.45) is 0 Å². The zero-order valence-electron chi connectivity index (χ0n) is 11.9. The second-order valence-electron chi connectivity index (χ2n) is 4.87. The minimum Gasteiger partial charge on any atom is -0.480 e. The van der Waals surface area contributed by atoms with Crippen molar-refractivity contribution in [3.05, 3.63) is 30.1 Å². The minimum absolute atomic E-state index is 0.0734. The Hall–Kier alpha value is -2.64. The predicted molar refractivity (Wildman–Crippen MR) is 74.8 cm³/mol. The molecule has 1 aliphatic rings. The van der Waals surface area contributed by atoms with Gasteiger partial charge in [-0.05, 0) is 30.5 Å². The van der Waals surface area contributed by atoms with Crippen LogP contribution in [0.1, 0.15) is 18.4 Å². The molecule has 8 nitrogen and oxygen atoms in total. The van der Waals surface area contributed by atoms with E-state index in [1.807, 2.05) is 0 Å². The van der Waals surface area contributed by atoms with Crippen LogP contribution in [0.15, 0.2) is 24.5 Å². The molecule has 2 amide bonds. The van der Waals surface area contributed by atoms with Crippen LogP contribution in [0, 0.1) is 0 Å². The number of carboxylic acids is 1. The van der Waals surface area contributed by atoms with E-state index >= 15 is 0 Å². The Balaban J connectivity index is 1.74. The van der Waals surface area contributed by atoms with E-state index in [1.54, 1.807) is 24.5 Å². The highest BCUT2D eigenvalue weighted by molar-refractivity contribution is 5.87. The highest BCUT2D eigenvalue weighted by Crippen LogP contribution is 2.17. The van der Waals surface area contributed by atoms with E-state index in [4.69, 9.17) is 9.84 Å². The molecular formula is C14H17N3O5. The maximum absolute atomic E-state index is 11.9. The predicted octanol–water partition coefficient (Wildman–Crippen LogP) is 0.383. The van der Waals surface area contributed by atoms with Crippen LogP contribution in [0.4, 0.5) is 4.79 Å². The number of hydrogen-bond donors (Lipinski definition) is 2. The number of hydrogen-bond acceptors (Lipinski definition) is 5. The fourth-order valence-corrected chi connectivity index (χ4v) is 2.25. The number of carboxylic acid groups (broad SMARTS) is 1. The highest BCUT2D eigenvalue weighted by Gasteiger charge is 2.33. The number of rotatable bonds is 5. The van der Waals surface area contributed by atoms with Gasteiger partial charge in [-0.3, -0.25) is 9.78 Å². The number of carbonyl (C=O) groups is 3. The average molecular weight is 307 g/mol. The molecule has 8 heteroatoms. The van der Waals surface area contributed by atoms with Gasteiger partial charge in [-0.1, -0.05) is 0 Å². The third-order valence-electron chi connectivity index (χ3n) is 3.36. The van der Waals surface area contributed by atoms with E-state index in [0.29, 0.717) is 19.4 Å². The average Bonchev–Trinajstić information content (AvgIpc) is 3.01. The van der Waals surface area contributed by atoms with Gasteiger partial charge in [-0.15, -0.1) is 0 Å². The molecule has 0 saturated carbocycles. The molecule has 0 aliphatic carbocycles. The van der Waals surface area contributed by atoms with Gasteiger partial charge in [-0.25, -0.2) is 9.59 Å². The first-order valence-electron chi connectivity index (χ1n) is 6.89. The smallest absolute Gasteiger partial charge is 0.407 e. The van der Waals surface area contributed by atoms with Gasteiger partial charge >= 0.3 is 12.1 Å². The van der Waals surface area contributed by atoms with Gasteiger partial charge < -0.3 is 20.1 Å². The lowest BCUT2D eigenvalue weighted by Gasteiger charge is -2.21. The quantitative estimate of drug-likeness (QED) is 0.814. The van der Waals surface area contributed by atoms with Crippen LogP contribution in [-0.4, -0.2) is 52.1 Å². The maximum atomic E-state index is 11.9. The lowest BCUT2D eigenvalue weighted by Crippen LogP contribution is -2.45. The Kier molecular flexibility index (Phi) is 5.29. The van der Waals surface area contributed by atoms with E-state index < -0.39 is 24.0 Å². The molecule has 1 aromatic rings. The van der Waals surface area contributed by atoms with Crippen LogP contribution < -0.4 is 5.32 Å². The minimum atomic E-state index is -1.02. The first-order valence-corrected chi connectivity index (χ1v) is 6.89. The number of amides is 2. The largest absolute Gasteiger partial charge is 0.480 e. The molecule has 0 spiro atoms. The Labute approximate surface area is 127 Å². The maximum Gasteiger partial charge on any atom is 0.407 e. The zero-order valence-corrected chi connectivity index (χ0v) is 11.9. The lowest BCUT2D eigenvalue weighted by molar-refractivity contribution is -0.147. The SMILES string of the molecule is O=C(NCC(=O)N1CCC[C@H]1C(=O)O)OCc1ccncc1. The zero-order chi connectivity index (χ0) is 15.9. The number of nitrogens with one attached hydrogen (secondary N) is 1. The summed E-state index contributed by atoms with van der Waals surface area (Å²) in [7, 11) is 0. The molecule has 118 valence electrons. The Bertz CT molecular complexity index is 549. The van der Waals surface area contributed by atoms with Crippen molar-refractivity contribution in [3.63, 3.8) is 0 Å². The van der Waals surface area contributed by atoms with E-state index in [-0.39, 0.29) is 13.2 Å². The molecule has 1 aliphatic heterocycles. The number of carbonyl (C=O) groups excluding carboxylic acids is 2. The molecule has 0 aromatic carbocycles. The van der Waals surface area contributed by atoms with Crippen LogP contribution >= 0.6 is 0 Å². The van der Waals surface area contributed by atoms with Crippen molar-refractivity contribution in [3.8, 4) is 0 Å². The molecule has 0 unspecified atom stereocenters. The Morgan fingerprint density at radius 2 is 2.09 bits per heavy atom. The van der Waals surface area contributed by atoms with Gasteiger partial charge in [0.25, 0.3) is 0 Å². The monoisotopic (exact) mass is 307 g/mol. The van der Waals surface area contributed by atoms with Crippen molar-refractivity contribution >= 4 is 18.0 Å². The van der Waals surface area contributed by atoms with Crippen LogP contribution in [0.25, 0.3) is 0 Å². The van der Waals surface area contributed by atoms with Gasteiger partial charge in [0, 0.05) is 18.9 Å². The van der Waals surface area contributed by atoms with E-state index in [1.165, 1.54) is 4.90 Å². The lowest BCUT2D eigenvalue weighted by atomic mass is 10.2. The summed E-state index contributed by atoms with van der Waals surface area (Å²) in [6.07, 6.45) is 3.53. The molecule has 2 N–H and O–H groups in total. The molecule has 1 aromatic heterocycles. The molecule has 2 heterocycles. The van der Waals surface area contributed by atoms with Crippen molar-refractivity contribution in [2.75, 3.05) is 13.1 Å². The number of likely N-dealkylation sites (tertiary alicyclic amines) is 1. The van der Waals surface area contributed by atoms with E-state index in [0.717, 1.165) is 5.56 Å². The van der Waals surface area contributed by atoms with Crippen LogP contribution in [0.5, 0.6) is 0 Å². The molecule has 2 rings (SSSR count). The van der Waals surface area contributed by atoms with Crippen LogP contribution in [0.3, 0.4) is 0 Å². The summed E-state index contributed by atoms with van der Waals surface area (Å²) in [6.45, 7) is 0.187. The third kappa shape index (κ3) is 4.18. The summed E-state index contributed by atoms with van der Waals surface area (Å²) in [5, 5.41) is 11.3. The summed E-state index contributed by atoms with van der Waals surface area (Å²) in [5.74, 6) is -1.45. The van der Waals surface area contributed by atoms with Crippen molar-refractivity contribution in [1.82, 2.24) is 15.2 Å². The number of aromatic nitrogens is 1.